The molecule has 0 spiro atoms. The smallest absolute Gasteiger partial charge is 0.251 e. The van der Waals surface area contributed by atoms with E-state index in [0.717, 1.165) is 45.4 Å². The minimum Gasteiger partial charge on any atom is -0.368 e. The summed E-state index contributed by atoms with van der Waals surface area (Å²) in [6.07, 6.45) is 3.93. The molecule has 4 nitrogen and oxygen atoms in total. The zero-order chi connectivity index (χ0) is 10.7. The van der Waals surface area contributed by atoms with Crippen molar-refractivity contribution in [1.82, 2.24) is 10.2 Å². The quantitative estimate of drug-likeness (QED) is 0.786. The first-order chi connectivity index (χ1) is 7.31. The Hall–Kier alpha value is -0.320. The van der Waals surface area contributed by atoms with E-state index < -0.39 is 0 Å². The van der Waals surface area contributed by atoms with Gasteiger partial charge in [0.15, 0.2) is 0 Å². The highest BCUT2D eigenvalue weighted by atomic mass is 35.5. The van der Waals surface area contributed by atoms with Crippen LogP contribution in [0.1, 0.15) is 25.7 Å². The lowest BCUT2D eigenvalue weighted by Gasteiger charge is -2.33. The molecule has 2 aliphatic heterocycles. The zero-order valence-corrected chi connectivity index (χ0v) is 10.6. The fourth-order valence-electron chi connectivity index (χ4n) is 2.36. The number of rotatable bonds is 2. The first kappa shape index (κ1) is 13.7. The molecule has 0 aliphatic carbocycles. The van der Waals surface area contributed by atoms with Crippen LogP contribution in [0.2, 0.25) is 0 Å². The van der Waals surface area contributed by atoms with Crippen LogP contribution in [-0.2, 0) is 9.53 Å². The predicted octanol–water partition coefficient (Wildman–Crippen LogP) is 0.798. The highest BCUT2D eigenvalue weighted by Gasteiger charge is 2.30. The van der Waals surface area contributed by atoms with E-state index in [4.69, 9.17) is 4.74 Å². The van der Waals surface area contributed by atoms with Crippen LogP contribution in [-0.4, -0.2) is 49.7 Å². The monoisotopic (exact) mass is 248 g/mol. The van der Waals surface area contributed by atoms with E-state index in [9.17, 15) is 4.79 Å². The number of hydrogen-bond donors (Lipinski definition) is 1. The van der Waals surface area contributed by atoms with Crippen LogP contribution >= 0.6 is 12.4 Å². The van der Waals surface area contributed by atoms with E-state index in [-0.39, 0.29) is 24.4 Å². The summed E-state index contributed by atoms with van der Waals surface area (Å²) < 4.78 is 5.41. The number of hydrogen-bond acceptors (Lipinski definition) is 3. The van der Waals surface area contributed by atoms with E-state index >= 15 is 0 Å². The number of carbonyl (C=O) groups excluding carboxylic acids is 1. The number of piperidine rings is 1. The summed E-state index contributed by atoms with van der Waals surface area (Å²) in [4.78, 5) is 13.9. The Balaban J connectivity index is 0.00000128. The average Bonchev–Trinajstić information content (AvgIpc) is 2.82. The standard InChI is InChI=1S/C11H20N2O2.ClH/c1-12-9-4-6-13(7-5-9)11(14)10-3-2-8-15-10;/h9-10,12H,2-8H2,1H3;1H. The first-order valence-corrected chi connectivity index (χ1v) is 5.89. The predicted molar refractivity (Wildman–Crippen MR) is 64.9 cm³/mol. The molecule has 5 heteroatoms. The number of ether oxygens (including phenoxy) is 1. The molecule has 2 saturated heterocycles. The topological polar surface area (TPSA) is 41.6 Å². The summed E-state index contributed by atoms with van der Waals surface area (Å²) in [5.41, 5.74) is 0. The maximum Gasteiger partial charge on any atom is 0.251 e. The van der Waals surface area contributed by atoms with Gasteiger partial charge in [-0.05, 0) is 32.7 Å². The summed E-state index contributed by atoms with van der Waals surface area (Å²) in [6, 6.07) is 0.582. The maximum atomic E-state index is 12.0. The van der Waals surface area contributed by atoms with Gasteiger partial charge in [-0.2, -0.15) is 0 Å². The Kier molecular flexibility index (Phi) is 5.52. The molecule has 0 aromatic carbocycles. The van der Waals surface area contributed by atoms with Gasteiger partial charge < -0.3 is 15.0 Å². The van der Waals surface area contributed by atoms with Crippen molar-refractivity contribution in [2.75, 3.05) is 26.7 Å². The molecule has 0 bridgehead atoms. The molecule has 94 valence electrons. The Morgan fingerprint density at radius 2 is 2.00 bits per heavy atom. The van der Waals surface area contributed by atoms with E-state index in [2.05, 4.69) is 5.32 Å². The van der Waals surface area contributed by atoms with Gasteiger partial charge in [0.1, 0.15) is 6.10 Å². The van der Waals surface area contributed by atoms with Crippen molar-refractivity contribution in [2.24, 2.45) is 0 Å². The fourth-order valence-corrected chi connectivity index (χ4v) is 2.36. The molecule has 0 aromatic rings. The highest BCUT2D eigenvalue weighted by molar-refractivity contribution is 5.85. The van der Waals surface area contributed by atoms with Crippen molar-refractivity contribution in [3.05, 3.63) is 0 Å². The third-order valence-electron chi connectivity index (χ3n) is 3.42. The van der Waals surface area contributed by atoms with E-state index in [1.54, 1.807) is 0 Å². The Labute approximate surface area is 103 Å². The molecule has 1 N–H and O–H groups in total. The molecular formula is C11H21ClN2O2. The van der Waals surface area contributed by atoms with Gasteiger partial charge in [-0.1, -0.05) is 0 Å². The van der Waals surface area contributed by atoms with Crippen LogP contribution in [0.4, 0.5) is 0 Å². The number of halogens is 1. The Morgan fingerprint density at radius 3 is 2.50 bits per heavy atom. The van der Waals surface area contributed by atoms with Crippen LogP contribution in [0.25, 0.3) is 0 Å². The molecule has 1 atom stereocenters. The van der Waals surface area contributed by atoms with Crippen molar-refractivity contribution in [2.45, 2.75) is 37.8 Å². The maximum absolute atomic E-state index is 12.0. The number of nitrogens with zero attached hydrogens (tertiary/aromatic N) is 1. The number of amides is 1. The van der Waals surface area contributed by atoms with Crippen LogP contribution in [0.3, 0.4) is 0 Å². The minimum atomic E-state index is -0.142. The molecule has 16 heavy (non-hydrogen) atoms. The molecular weight excluding hydrogens is 228 g/mol. The minimum absolute atomic E-state index is 0. The first-order valence-electron chi connectivity index (χ1n) is 5.89. The van der Waals surface area contributed by atoms with Gasteiger partial charge in [0.05, 0.1) is 0 Å². The zero-order valence-electron chi connectivity index (χ0n) is 9.78. The molecule has 0 aromatic heterocycles. The summed E-state index contributed by atoms with van der Waals surface area (Å²) in [6.45, 7) is 2.51. The van der Waals surface area contributed by atoms with Crippen molar-refractivity contribution < 1.29 is 9.53 Å². The second-order valence-corrected chi connectivity index (χ2v) is 4.39. The lowest BCUT2D eigenvalue weighted by Crippen LogP contribution is -2.47. The van der Waals surface area contributed by atoms with Gasteiger partial charge in [-0.25, -0.2) is 0 Å². The van der Waals surface area contributed by atoms with Gasteiger partial charge in [0, 0.05) is 25.7 Å². The Bertz CT molecular complexity index is 224. The van der Waals surface area contributed by atoms with Crippen LogP contribution in [0.5, 0.6) is 0 Å². The van der Waals surface area contributed by atoms with Crippen molar-refractivity contribution in [3.63, 3.8) is 0 Å². The van der Waals surface area contributed by atoms with Crippen LogP contribution in [0, 0.1) is 0 Å². The van der Waals surface area contributed by atoms with E-state index in [1.165, 1.54) is 0 Å². The number of nitrogens with one attached hydrogen (secondary N) is 1. The van der Waals surface area contributed by atoms with Gasteiger partial charge in [0.25, 0.3) is 5.91 Å². The normalized spacial score (nSPS) is 26.6. The second-order valence-electron chi connectivity index (χ2n) is 4.39. The van der Waals surface area contributed by atoms with Gasteiger partial charge in [-0.15, -0.1) is 12.4 Å². The van der Waals surface area contributed by atoms with Gasteiger partial charge in [0.2, 0.25) is 0 Å². The molecule has 1 unspecified atom stereocenters. The molecule has 2 aliphatic rings. The molecule has 1 amide bonds. The van der Waals surface area contributed by atoms with Crippen molar-refractivity contribution in [3.8, 4) is 0 Å². The SMILES string of the molecule is CNC1CCN(C(=O)C2CCCO2)CC1.Cl. The second kappa shape index (κ2) is 6.42. The van der Waals surface area contributed by atoms with Crippen LogP contribution < -0.4 is 5.32 Å². The number of carbonyl (C=O) groups is 1. The van der Waals surface area contributed by atoms with Crippen molar-refractivity contribution in [1.29, 1.82) is 0 Å². The summed E-state index contributed by atoms with van der Waals surface area (Å²) in [7, 11) is 1.99. The summed E-state index contributed by atoms with van der Waals surface area (Å²) in [5, 5.41) is 3.26. The van der Waals surface area contributed by atoms with Gasteiger partial charge >= 0.3 is 0 Å². The van der Waals surface area contributed by atoms with Gasteiger partial charge in [-0.3, -0.25) is 4.79 Å². The Morgan fingerprint density at radius 1 is 1.31 bits per heavy atom. The molecule has 2 heterocycles. The largest absolute Gasteiger partial charge is 0.368 e. The van der Waals surface area contributed by atoms with Crippen LogP contribution in [0.15, 0.2) is 0 Å². The van der Waals surface area contributed by atoms with E-state index in [0.29, 0.717) is 6.04 Å². The lowest BCUT2D eigenvalue weighted by molar-refractivity contribution is -0.142. The third-order valence-corrected chi connectivity index (χ3v) is 3.42. The molecule has 0 radical (unpaired) electrons. The molecule has 2 rings (SSSR count). The third kappa shape index (κ3) is 3.09. The average molecular weight is 249 g/mol. The highest BCUT2D eigenvalue weighted by Crippen LogP contribution is 2.18. The summed E-state index contributed by atoms with van der Waals surface area (Å²) in [5.74, 6) is 0.210. The molecule has 2 fully saturated rings. The molecule has 0 saturated carbocycles. The van der Waals surface area contributed by atoms with E-state index in [1.807, 2.05) is 11.9 Å². The lowest BCUT2D eigenvalue weighted by atomic mass is 10.0. The fraction of sp³-hybridized carbons (Fsp3) is 0.909. The summed E-state index contributed by atoms with van der Waals surface area (Å²) >= 11 is 0. The number of likely N-dealkylation sites (tertiary alicyclic amines) is 1. The van der Waals surface area contributed by atoms with Crippen molar-refractivity contribution >= 4 is 18.3 Å².